The minimum atomic E-state index is 0.0753. The lowest BCUT2D eigenvalue weighted by atomic mass is 10.0. The van der Waals surface area contributed by atoms with Crippen LogP contribution in [-0.4, -0.2) is 14.5 Å². The van der Waals surface area contributed by atoms with Crippen molar-refractivity contribution in [3.63, 3.8) is 0 Å². The quantitative estimate of drug-likeness (QED) is 0.801. The Hall–Kier alpha value is -2.69. The third kappa shape index (κ3) is 2.77. The number of nitrogen functional groups attached to an aromatic ring is 1. The van der Waals surface area contributed by atoms with Gasteiger partial charge in [-0.1, -0.05) is 18.9 Å². The van der Waals surface area contributed by atoms with Crippen LogP contribution in [-0.2, 0) is 6.54 Å². The molecule has 5 heteroatoms. The van der Waals surface area contributed by atoms with Crippen molar-refractivity contribution in [2.75, 3.05) is 5.73 Å². The molecule has 1 aromatic carbocycles. The van der Waals surface area contributed by atoms with Crippen molar-refractivity contribution in [1.82, 2.24) is 14.5 Å². The van der Waals surface area contributed by atoms with E-state index in [0.717, 1.165) is 46.5 Å². The first-order valence-corrected chi connectivity index (χ1v) is 8.34. The summed E-state index contributed by atoms with van der Waals surface area (Å²) in [6.45, 7) is 2.77. The van der Waals surface area contributed by atoms with Gasteiger partial charge in [0.25, 0.3) is 5.56 Å². The fourth-order valence-corrected chi connectivity index (χ4v) is 3.12. The van der Waals surface area contributed by atoms with Crippen molar-refractivity contribution in [3.8, 4) is 11.1 Å². The monoisotopic (exact) mass is 320 g/mol. The molecule has 24 heavy (non-hydrogen) atoms. The molecule has 1 saturated carbocycles. The van der Waals surface area contributed by atoms with Crippen LogP contribution in [0.3, 0.4) is 0 Å². The summed E-state index contributed by atoms with van der Waals surface area (Å²) in [4.78, 5) is 21.2. The number of benzene rings is 1. The number of anilines is 1. The number of nitrogens with zero attached hydrogens (tertiary/aromatic N) is 3. The van der Waals surface area contributed by atoms with Crippen LogP contribution in [0.2, 0.25) is 0 Å². The van der Waals surface area contributed by atoms with Crippen LogP contribution in [0.4, 0.5) is 5.95 Å². The average Bonchev–Trinajstić information content (AvgIpc) is 3.38. The van der Waals surface area contributed by atoms with Crippen molar-refractivity contribution >= 4 is 16.9 Å². The molecule has 2 N–H and O–H groups in total. The van der Waals surface area contributed by atoms with Crippen LogP contribution in [0.5, 0.6) is 0 Å². The molecule has 1 aliphatic carbocycles. The minimum Gasteiger partial charge on any atom is -0.368 e. The molecule has 0 spiro atoms. The van der Waals surface area contributed by atoms with Gasteiger partial charge in [-0.05, 0) is 48.6 Å². The second-order valence-corrected chi connectivity index (χ2v) is 6.61. The molecule has 5 nitrogen and oxygen atoms in total. The number of aromatic nitrogens is 3. The number of pyridine rings is 1. The molecule has 0 saturated heterocycles. The maximum Gasteiger partial charge on any atom is 0.258 e. The highest BCUT2D eigenvalue weighted by Crippen LogP contribution is 2.32. The van der Waals surface area contributed by atoms with Crippen LogP contribution in [0.25, 0.3) is 22.0 Å². The lowest BCUT2D eigenvalue weighted by Crippen LogP contribution is -2.22. The first kappa shape index (κ1) is 14.9. The summed E-state index contributed by atoms with van der Waals surface area (Å²) in [5, 5.41) is 0.883. The van der Waals surface area contributed by atoms with E-state index in [1.165, 1.54) is 12.8 Å². The SMILES string of the molecule is Cc1ccn(CCC2CC2)c(=O)c1-c1ccc2nc(N)ncc2c1. The van der Waals surface area contributed by atoms with Crippen LogP contribution in [0, 0.1) is 12.8 Å². The number of rotatable bonds is 4. The van der Waals surface area contributed by atoms with Crippen LogP contribution in [0.1, 0.15) is 24.8 Å². The second kappa shape index (κ2) is 5.74. The van der Waals surface area contributed by atoms with Gasteiger partial charge in [0.05, 0.1) is 11.1 Å². The van der Waals surface area contributed by atoms with Crippen molar-refractivity contribution in [2.45, 2.75) is 32.7 Å². The highest BCUT2D eigenvalue weighted by Gasteiger charge is 2.21. The van der Waals surface area contributed by atoms with Crippen LogP contribution in [0.15, 0.2) is 41.5 Å². The molecule has 3 aromatic rings. The largest absolute Gasteiger partial charge is 0.368 e. The third-order valence-corrected chi connectivity index (χ3v) is 4.74. The first-order chi connectivity index (χ1) is 11.6. The van der Waals surface area contributed by atoms with E-state index in [1.54, 1.807) is 6.20 Å². The molecule has 0 bridgehead atoms. The zero-order valence-electron chi connectivity index (χ0n) is 13.7. The minimum absolute atomic E-state index is 0.0753. The van der Waals surface area contributed by atoms with Crippen molar-refractivity contribution in [1.29, 1.82) is 0 Å². The van der Waals surface area contributed by atoms with E-state index in [-0.39, 0.29) is 11.5 Å². The summed E-state index contributed by atoms with van der Waals surface area (Å²) in [5.41, 5.74) is 9.13. The topological polar surface area (TPSA) is 73.8 Å². The Morgan fingerprint density at radius 1 is 1.29 bits per heavy atom. The predicted octanol–water partition coefficient (Wildman–Crippen LogP) is 3.15. The number of hydrogen-bond acceptors (Lipinski definition) is 4. The Morgan fingerprint density at radius 3 is 2.92 bits per heavy atom. The number of hydrogen-bond donors (Lipinski definition) is 1. The van der Waals surface area contributed by atoms with Crippen LogP contribution < -0.4 is 11.3 Å². The van der Waals surface area contributed by atoms with Gasteiger partial charge in [0.2, 0.25) is 5.95 Å². The smallest absolute Gasteiger partial charge is 0.258 e. The Labute approximate surface area is 140 Å². The standard InChI is InChI=1S/C19H20N4O/c1-12-6-8-23(9-7-13-2-3-13)18(24)17(12)14-4-5-16-15(10-14)11-21-19(20)22-16/h4-6,8,10-11,13H,2-3,7,9H2,1H3,(H2,20,21,22). The van der Waals surface area contributed by atoms with E-state index in [0.29, 0.717) is 0 Å². The molecule has 4 rings (SSSR count). The Morgan fingerprint density at radius 2 is 2.12 bits per heavy atom. The number of fused-ring (bicyclic) bond motifs is 1. The normalized spacial score (nSPS) is 14.2. The van der Waals surface area contributed by atoms with Crippen molar-refractivity contribution < 1.29 is 0 Å². The molecule has 2 heterocycles. The summed E-state index contributed by atoms with van der Waals surface area (Å²) < 4.78 is 1.84. The lowest BCUT2D eigenvalue weighted by molar-refractivity contribution is 0.582. The van der Waals surface area contributed by atoms with E-state index in [9.17, 15) is 4.79 Å². The van der Waals surface area contributed by atoms with E-state index in [4.69, 9.17) is 5.73 Å². The van der Waals surface area contributed by atoms with Gasteiger partial charge in [0, 0.05) is 24.3 Å². The van der Waals surface area contributed by atoms with E-state index >= 15 is 0 Å². The molecule has 1 aliphatic rings. The molecule has 0 aliphatic heterocycles. The molecular formula is C19H20N4O. The zero-order valence-corrected chi connectivity index (χ0v) is 13.7. The third-order valence-electron chi connectivity index (χ3n) is 4.74. The lowest BCUT2D eigenvalue weighted by Gasteiger charge is -2.11. The molecule has 122 valence electrons. The highest BCUT2D eigenvalue weighted by molar-refractivity contribution is 5.84. The van der Waals surface area contributed by atoms with Gasteiger partial charge in [0.1, 0.15) is 0 Å². The second-order valence-electron chi connectivity index (χ2n) is 6.61. The maximum absolute atomic E-state index is 12.9. The van der Waals surface area contributed by atoms with Crippen LogP contribution >= 0.6 is 0 Å². The summed E-state index contributed by atoms with van der Waals surface area (Å²) in [5.74, 6) is 1.07. The van der Waals surface area contributed by atoms with E-state index < -0.39 is 0 Å². The summed E-state index contributed by atoms with van der Waals surface area (Å²) in [7, 11) is 0. The fraction of sp³-hybridized carbons (Fsp3) is 0.316. The van der Waals surface area contributed by atoms with Gasteiger partial charge in [-0.3, -0.25) is 4.79 Å². The van der Waals surface area contributed by atoms with Gasteiger partial charge in [-0.15, -0.1) is 0 Å². The number of aryl methyl sites for hydroxylation is 2. The van der Waals surface area contributed by atoms with E-state index in [2.05, 4.69) is 9.97 Å². The summed E-state index contributed by atoms with van der Waals surface area (Å²) in [6, 6.07) is 7.81. The molecule has 2 aromatic heterocycles. The van der Waals surface area contributed by atoms with Crippen molar-refractivity contribution in [2.24, 2.45) is 5.92 Å². The number of nitrogens with two attached hydrogens (primary N) is 1. The molecule has 1 fully saturated rings. The van der Waals surface area contributed by atoms with E-state index in [1.807, 2.05) is 42.0 Å². The first-order valence-electron chi connectivity index (χ1n) is 8.34. The molecule has 0 atom stereocenters. The zero-order chi connectivity index (χ0) is 16.7. The van der Waals surface area contributed by atoms with Gasteiger partial charge in [0.15, 0.2) is 0 Å². The predicted molar refractivity (Wildman–Crippen MR) is 95.7 cm³/mol. The Kier molecular flexibility index (Phi) is 3.56. The van der Waals surface area contributed by atoms with Gasteiger partial charge >= 0.3 is 0 Å². The highest BCUT2D eigenvalue weighted by atomic mass is 16.1. The molecular weight excluding hydrogens is 300 g/mol. The maximum atomic E-state index is 12.9. The summed E-state index contributed by atoms with van der Waals surface area (Å²) >= 11 is 0. The molecule has 0 amide bonds. The van der Waals surface area contributed by atoms with Gasteiger partial charge in [-0.2, -0.15) is 0 Å². The van der Waals surface area contributed by atoms with Crippen molar-refractivity contribution in [3.05, 3.63) is 52.6 Å². The average molecular weight is 320 g/mol. The summed E-state index contributed by atoms with van der Waals surface area (Å²) in [6.07, 6.45) is 7.31. The van der Waals surface area contributed by atoms with Gasteiger partial charge < -0.3 is 10.3 Å². The molecule has 0 radical (unpaired) electrons. The van der Waals surface area contributed by atoms with Gasteiger partial charge in [-0.25, -0.2) is 9.97 Å². The Bertz CT molecular complexity index is 973. The fourth-order valence-electron chi connectivity index (χ4n) is 3.12. The Balaban J connectivity index is 1.78. The molecule has 0 unspecified atom stereocenters.